The number of nitriles is 1. The molecule has 1 saturated carbocycles. The highest BCUT2D eigenvalue weighted by Gasteiger charge is 2.77. The van der Waals surface area contributed by atoms with Gasteiger partial charge >= 0.3 is 5.97 Å². The molecule has 0 spiro atoms. The zero-order chi connectivity index (χ0) is 21.2. The van der Waals surface area contributed by atoms with Gasteiger partial charge in [0.25, 0.3) is 0 Å². The summed E-state index contributed by atoms with van der Waals surface area (Å²) in [6.07, 6.45) is 2.03. The summed E-state index contributed by atoms with van der Waals surface area (Å²) in [6.45, 7) is 3.53. The van der Waals surface area contributed by atoms with Gasteiger partial charge < -0.3 is 0 Å². The Bertz CT molecular complexity index is 994. The summed E-state index contributed by atoms with van der Waals surface area (Å²) < 4.78 is 13.0. The van der Waals surface area contributed by atoms with E-state index in [0.29, 0.717) is 12.2 Å². The molecule has 2 atom stereocenters. The van der Waals surface area contributed by atoms with E-state index in [1.807, 2.05) is 12.1 Å². The van der Waals surface area contributed by atoms with E-state index in [2.05, 4.69) is 0 Å². The van der Waals surface area contributed by atoms with Crippen molar-refractivity contribution in [1.82, 2.24) is 0 Å². The number of hydrogen-bond acceptors (Lipinski definition) is 4. The van der Waals surface area contributed by atoms with E-state index in [-0.39, 0.29) is 10.3 Å². The van der Waals surface area contributed by atoms with Crippen LogP contribution < -0.4 is 4.89 Å². The molecule has 2 unspecified atom stereocenters. The summed E-state index contributed by atoms with van der Waals surface area (Å²) in [6, 6.07) is 15.2. The van der Waals surface area contributed by atoms with Crippen LogP contribution in [0.3, 0.4) is 0 Å². The summed E-state index contributed by atoms with van der Waals surface area (Å²) in [5, 5.41) is 9.62. The normalized spacial score (nSPS) is 21.6. The van der Waals surface area contributed by atoms with E-state index in [0.717, 1.165) is 11.1 Å². The SMILES string of the molecule is CC1(C)C(C=C(Cl)Cl)C1(C#N)C(=O)OOc1cccc(Cc2ccc(F)cc2)c1. The number of rotatable bonds is 6. The van der Waals surface area contributed by atoms with Crippen molar-refractivity contribution in [2.75, 3.05) is 0 Å². The van der Waals surface area contributed by atoms with Crippen LogP contribution >= 0.6 is 23.2 Å². The molecule has 0 saturated heterocycles. The van der Waals surface area contributed by atoms with E-state index >= 15 is 0 Å². The predicted octanol–water partition coefficient (Wildman–Crippen LogP) is 5.74. The molecule has 0 amide bonds. The Hall–Kier alpha value is -2.55. The van der Waals surface area contributed by atoms with Crippen LogP contribution in [0.2, 0.25) is 0 Å². The molecule has 0 N–H and O–H groups in total. The number of allylic oxidation sites excluding steroid dienone is 1. The van der Waals surface area contributed by atoms with E-state index in [4.69, 9.17) is 33.0 Å². The number of carbonyl (C=O) groups is 1. The number of carbonyl (C=O) groups excluding carboxylic acids is 1. The Morgan fingerprint density at radius 1 is 1.21 bits per heavy atom. The van der Waals surface area contributed by atoms with E-state index in [1.165, 1.54) is 18.2 Å². The fraction of sp³-hybridized carbons (Fsp3) is 0.273. The van der Waals surface area contributed by atoms with Crippen molar-refractivity contribution in [2.45, 2.75) is 20.3 Å². The maximum Gasteiger partial charge on any atom is 0.376 e. The molecule has 4 nitrogen and oxygen atoms in total. The lowest BCUT2D eigenvalue weighted by Crippen LogP contribution is -2.24. The molecule has 2 aromatic carbocycles. The largest absolute Gasteiger partial charge is 0.376 e. The first-order chi connectivity index (χ1) is 13.7. The third-order valence-corrected chi connectivity index (χ3v) is 5.65. The van der Waals surface area contributed by atoms with Crippen molar-refractivity contribution < 1.29 is 19.0 Å². The maximum atomic E-state index is 13.0. The molecule has 1 fully saturated rings. The molecule has 1 aliphatic rings. The predicted molar refractivity (Wildman–Crippen MR) is 107 cm³/mol. The van der Waals surface area contributed by atoms with Crippen molar-refractivity contribution in [3.8, 4) is 11.8 Å². The van der Waals surface area contributed by atoms with Crippen molar-refractivity contribution in [2.24, 2.45) is 16.7 Å². The highest BCUT2D eigenvalue weighted by Crippen LogP contribution is 2.70. The minimum absolute atomic E-state index is 0.0117. The highest BCUT2D eigenvalue weighted by molar-refractivity contribution is 6.55. The van der Waals surface area contributed by atoms with Gasteiger partial charge in [0.05, 0.1) is 6.07 Å². The molecule has 29 heavy (non-hydrogen) atoms. The second kappa shape index (κ2) is 8.06. The smallest absolute Gasteiger partial charge is 0.287 e. The van der Waals surface area contributed by atoms with Gasteiger partial charge in [0.1, 0.15) is 10.3 Å². The number of hydrogen-bond donors (Lipinski definition) is 0. The van der Waals surface area contributed by atoms with Crippen LogP contribution in [0.4, 0.5) is 4.39 Å². The molecule has 3 rings (SSSR count). The first-order valence-electron chi connectivity index (χ1n) is 8.87. The maximum absolute atomic E-state index is 13.0. The van der Waals surface area contributed by atoms with Crippen LogP contribution in [0.1, 0.15) is 25.0 Å². The molecule has 7 heteroatoms. The summed E-state index contributed by atoms with van der Waals surface area (Å²) >= 11 is 11.4. The Labute approximate surface area is 178 Å². The molecule has 150 valence electrons. The molecule has 0 aromatic heterocycles. The summed E-state index contributed by atoms with van der Waals surface area (Å²) in [4.78, 5) is 22.8. The molecular weight excluding hydrogens is 416 g/mol. The Morgan fingerprint density at radius 3 is 2.52 bits per heavy atom. The van der Waals surface area contributed by atoms with Gasteiger partial charge in [-0.05, 0) is 47.9 Å². The number of benzene rings is 2. The molecule has 0 aliphatic heterocycles. The zero-order valence-corrected chi connectivity index (χ0v) is 17.3. The van der Waals surface area contributed by atoms with E-state index in [9.17, 15) is 14.4 Å². The molecule has 0 heterocycles. The van der Waals surface area contributed by atoms with Crippen LogP contribution in [0.25, 0.3) is 0 Å². The molecular formula is C22H18Cl2FNO3. The first-order valence-corrected chi connectivity index (χ1v) is 9.62. The molecule has 2 aromatic rings. The average molecular weight is 434 g/mol. The fourth-order valence-electron chi connectivity index (χ4n) is 3.61. The van der Waals surface area contributed by atoms with Gasteiger partial charge in [0.15, 0.2) is 11.2 Å². The minimum atomic E-state index is -1.42. The van der Waals surface area contributed by atoms with Gasteiger partial charge in [-0.1, -0.05) is 61.3 Å². The highest BCUT2D eigenvalue weighted by atomic mass is 35.5. The molecule has 0 radical (unpaired) electrons. The fourth-order valence-corrected chi connectivity index (χ4v) is 3.86. The zero-order valence-electron chi connectivity index (χ0n) is 15.8. The molecule has 1 aliphatic carbocycles. The van der Waals surface area contributed by atoms with Gasteiger partial charge in [-0.2, -0.15) is 5.26 Å². The second-order valence-corrected chi connectivity index (χ2v) is 8.49. The number of nitrogens with zero attached hydrogens (tertiary/aromatic N) is 1. The monoisotopic (exact) mass is 433 g/mol. The summed E-state index contributed by atoms with van der Waals surface area (Å²) in [7, 11) is 0. The number of halogens is 3. The van der Waals surface area contributed by atoms with Crippen LogP contribution in [-0.4, -0.2) is 5.97 Å². The van der Waals surface area contributed by atoms with Crippen LogP contribution in [0.5, 0.6) is 5.75 Å². The molecule has 0 bridgehead atoms. The first kappa shape index (κ1) is 21.2. The van der Waals surface area contributed by atoms with Crippen molar-refractivity contribution in [3.63, 3.8) is 0 Å². The summed E-state index contributed by atoms with van der Waals surface area (Å²) in [5.41, 5.74) is -0.298. The van der Waals surface area contributed by atoms with Crippen LogP contribution in [-0.2, 0) is 16.1 Å². The summed E-state index contributed by atoms with van der Waals surface area (Å²) in [5.74, 6) is -1.27. The van der Waals surface area contributed by atoms with E-state index in [1.54, 1.807) is 44.2 Å². The Morgan fingerprint density at radius 2 is 1.90 bits per heavy atom. The Balaban J connectivity index is 1.68. The van der Waals surface area contributed by atoms with Crippen LogP contribution in [0, 0.1) is 33.9 Å². The van der Waals surface area contributed by atoms with Crippen molar-refractivity contribution in [3.05, 3.63) is 76.0 Å². The topological polar surface area (TPSA) is 59.3 Å². The minimum Gasteiger partial charge on any atom is -0.287 e. The quantitative estimate of drug-likeness (QED) is 0.430. The van der Waals surface area contributed by atoms with Crippen LogP contribution in [0.15, 0.2) is 59.1 Å². The lowest BCUT2D eigenvalue weighted by molar-refractivity contribution is -0.219. The van der Waals surface area contributed by atoms with Gasteiger partial charge in [0.2, 0.25) is 0 Å². The Kier molecular flexibility index (Phi) is 5.88. The second-order valence-electron chi connectivity index (χ2n) is 7.48. The van der Waals surface area contributed by atoms with E-state index < -0.39 is 22.7 Å². The lowest BCUT2D eigenvalue weighted by atomic mass is 9.98. The van der Waals surface area contributed by atoms with Crippen molar-refractivity contribution >= 4 is 29.2 Å². The van der Waals surface area contributed by atoms with Gasteiger partial charge in [-0.3, -0.25) is 4.89 Å². The standard InChI is InChI=1S/C22H18Cl2FNO3/c1-21(2)18(12-19(23)24)22(21,13-26)20(27)29-28-17-5-3-4-15(11-17)10-14-6-8-16(25)9-7-14/h3-9,11-12,18H,10H2,1-2H3. The van der Waals surface area contributed by atoms with Crippen molar-refractivity contribution in [1.29, 1.82) is 5.26 Å². The average Bonchev–Trinajstić information content (AvgIpc) is 3.16. The third-order valence-electron chi connectivity index (χ3n) is 5.40. The third kappa shape index (κ3) is 4.10. The van der Waals surface area contributed by atoms with Gasteiger partial charge in [0, 0.05) is 11.3 Å². The van der Waals surface area contributed by atoms with Gasteiger partial charge in [-0.15, -0.1) is 0 Å². The van der Waals surface area contributed by atoms with Gasteiger partial charge in [-0.25, -0.2) is 14.1 Å². The lowest BCUT2D eigenvalue weighted by Gasteiger charge is -2.11.